The van der Waals surface area contributed by atoms with E-state index in [9.17, 15) is 4.79 Å². The molecule has 1 unspecified atom stereocenters. The summed E-state index contributed by atoms with van der Waals surface area (Å²) in [4.78, 5) is 15.5. The first-order valence-electron chi connectivity index (χ1n) is 7.01. The van der Waals surface area contributed by atoms with Crippen molar-refractivity contribution in [3.8, 4) is 0 Å². The molecule has 0 aromatic carbocycles. The molecule has 0 spiro atoms. The lowest BCUT2D eigenvalue weighted by Crippen LogP contribution is -2.34. The first kappa shape index (κ1) is 16.9. The average Bonchev–Trinajstić information content (AvgIpc) is 3.20. The van der Waals surface area contributed by atoms with Crippen LogP contribution < -0.4 is 5.73 Å². The highest BCUT2D eigenvalue weighted by molar-refractivity contribution is 7.09. The van der Waals surface area contributed by atoms with Gasteiger partial charge in [0, 0.05) is 18.0 Å². The van der Waals surface area contributed by atoms with Crippen molar-refractivity contribution >= 4 is 29.7 Å². The number of carbonyl (C=O) groups excluding carboxylic acids is 1. The summed E-state index contributed by atoms with van der Waals surface area (Å²) >= 11 is 1.67. The highest BCUT2D eigenvalue weighted by Gasteiger charge is 2.35. The van der Waals surface area contributed by atoms with Gasteiger partial charge in [-0.2, -0.15) is 0 Å². The third-order valence-corrected chi connectivity index (χ3v) is 4.85. The Morgan fingerprint density at radius 2 is 2.36 bits per heavy atom. The topological polar surface area (TPSA) is 77.0 Å². The summed E-state index contributed by atoms with van der Waals surface area (Å²) < 4.78 is 1.71. The molecule has 3 heterocycles. The number of nitrogens with two attached hydrogens (primary N) is 1. The van der Waals surface area contributed by atoms with E-state index in [0.717, 1.165) is 13.0 Å². The predicted molar refractivity (Wildman–Crippen MR) is 88.4 cm³/mol. The fourth-order valence-corrected chi connectivity index (χ4v) is 3.26. The third-order valence-electron chi connectivity index (χ3n) is 3.99. The number of hydrogen-bond acceptors (Lipinski definition) is 5. The van der Waals surface area contributed by atoms with Gasteiger partial charge < -0.3 is 10.6 Å². The maximum absolute atomic E-state index is 12.4. The molecule has 1 atom stereocenters. The second kappa shape index (κ2) is 6.76. The molecule has 1 aliphatic heterocycles. The predicted octanol–water partition coefficient (Wildman–Crippen LogP) is 1.62. The van der Waals surface area contributed by atoms with Crippen molar-refractivity contribution in [1.29, 1.82) is 0 Å². The molecule has 0 saturated carbocycles. The summed E-state index contributed by atoms with van der Waals surface area (Å²) in [5, 5.41) is 10.1. The van der Waals surface area contributed by atoms with E-state index in [0.29, 0.717) is 25.3 Å². The molecular formula is C14H20ClN5OS. The van der Waals surface area contributed by atoms with Crippen LogP contribution in [-0.4, -0.2) is 45.4 Å². The third kappa shape index (κ3) is 3.48. The number of likely N-dealkylation sites (tertiary alicyclic amines) is 1. The van der Waals surface area contributed by atoms with Crippen molar-refractivity contribution in [2.24, 2.45) is 11.1 Å². The van der Waals surface area contributed by atoms with Gasteiger partial charge in [0.15, 0.2) is 5.69 Å². The zero-order valence-electron chi connectivity index (χ0n) is 12.4. The number of amides is 1. The van der Waals surface area contributed by atoms with Crippen LogP contribution in [0, 0.1) is 5.41 Å². The van der Waals surface area contributed by atoms with Crippen molar-refractivity contribution < 1.29 is 4.79 Å². The van der Waals surface area contributed by atoms with E-state index in [1.54, 1.807) is 22.2 Å². The van der Waals surface area contributed by atoms with E-state index in [1.807, 2.05) is 22.4 Å². The van der Waals surface area contributed by atoms with E-state index < -0.39 is 0 Å². The largest absolute Gasteiger partial charge is 0.337 e. The molecule has 2 aromatic rings. The maximum Gasteiger partial charge on any atom is 0.276 e. The molecule has 120 valence electrons. The minimum atomic E-state index is -0.0513. The number of carbonyl (C=O) groups is 1. The van der Waals surface area contributed by atoms with Gasteiger partial charge >= 0.3 is 0 Å². The SMILES string of the molecule is CC1(CN)CCN(C(=O)c2cn(Cc3cccs3)nn2)C1.Cl. The van der Waals surface area contributed by atoms with Gasteiger partial charge in [-0.05, 0) is 29.8 Å². The van der Waals surface area contributed by atoms with Crippen molar-refractivity contribution in [1.82, 2.24) is 19.9 Å². The lowest BCUT2D eigenvalue weighted by Gasteiger charge is -2.21. The molecule has 1 fully saturated rings. The number of aromatic nitrogens is 3. The van der Waals surface area contributed by atoms with Crippen molar-refractivity contribution in [2.75, 3.05) is 19.6 Å². The summed E-state index contributed by atoms with van der Waals surface area (Å²) in [5.74, 6) is -0.0513. The first-order chi connectivity index (χ1) is 10.1. The monoisotopic (exact) mass is 341 g/mol. The standard InChI is InChI=1S/C14H19N5OS.ClH/c1-14(9-15)4-5-18(10-14)13(20)12-8-19(17-16-12)7-11-3-2-6-21-11;/h2-3,6,8H,4-5,7,9-10,15H2,1H3;1H. The number of rotatable bonds is 4. The first-order valence-corrected chi connectivity index (χ1v) is 7.89. The minimum absolute atomic E-state index is 0. The Bertz CT molecular complexity index is 629. The molecule has 6 nitrogen and oxygen atoms in total. The van der Waals surface area contributed by atoms with Crippen molar-refractivity contribution in [3.05, 3.63) is 34.3 Å². The zero-order chi connectivity index (χ0) is 14.9. The molecule has 8 heteroatoms. The highest BCUT2D eigenvalue weighted by atomic mass is 35.5. The zero-order valence-corrected chi connectivity index (χ0v) is 14.1. The summed E-state index contributed by atoms with van der Waals surface area (Å²) in [6, 6.07) is 4.04. The highest BCUT2D eigenvalue weighted by Crippen LogP contribution is 2.29. The van der Waals surface area contributed by atoms with Gasteiger partial charge in [0.25, 0.3) is 5.91 Å². The van der Waals surface area contributed by atoms with Gasteiger partial charge in [-0.3, -0.25) is 4.79 Å². The second-order valence-corrected chi connectivity index (χ2v) is 6.90. The van der Waals surface area contributed by atoms with Crippen LogP contribution in [0.1, 0.15) is 28.7 Å². The van der Waals surface area contributed by atoms with E-state index in [2.05, 4.69) is 17.2 Å². The lowest BCUT2D eigenvalue weighted by molar-refractivity contribution is 0.0771. The van der Waals surface area contributed by atoms with E-state index >= 15 is 0 Å². The summed E-state index contributed by atoms with van der Waals surface area (Å²) in [5.41, 5.74) is 6.22. The Morgan fingerprint density at radius 1 is 1.55 bits per heavy atom. The molecule has 0 radical (unpaired) electrons. The summed E-state index contributed by atoms with van der Waals surface area (Å²) in [7, 11) is 0. The van der Waals surface area contributed by atoms with Gasteiger partial charge in [0.1, 0.15) is 0 Å². The van der Waals surface area contributed by atoms with Crippen LogP contribution in [0.2, 0.25) is 0 Å². The Hall–Kier alpha value is -1.44. The molecular weight excluding hydrogens is 322 g/mol. The molecule has 0 aliphatic carbocycles. The van der Waals surface area contributed by atoms with Crippen LogP contribution >= 0.6 is 23.7 Å². The smallest absolute Gasteiger partial charge is 0.276 e. The van der Waals surface area contributed by atoms with Crippen molar-refractivity contribution in [2.45, 2.75) is 19.9 Å². The quantitative estimate of drug-likeness (QED) is 0.916. The van der Waals surface area contributed by atoms with Crippen LogP contribution in [0.4, 0.5) is 0 Å². The maximum atomic E-state index is 12.4. The van der Waals surface area contributed by atoms with Gasteiger partial charge in [-0.25, -0.2) is 4.68 Å². The Kier molecular flexibility index (Phi) is 5.20. The molecule has 2 N–H and O–H groups in total. The van der Waals surface area contributed by atoms with Crippen LogP contribution in [0.25, 0.3) is 0 Å². The Balaban J connectivity index is 0.00000176. The number of nitrogens with zero attached hydrogens (tertiary/aromatic N) is 4. The minimum Gasteiger partial charge on any atom is -0.337 e. The fourth-order valence-electron chi connectivity index (χ4n) is 2.56. The van der Waals surface area contributed by atoms with Crippen LogP contribution in [0.15, 0.2) is 23.7 Å². The molecule has 3 rings (SSSR count). The summed E-state index contributed by atoms with van der Waals surface area (Å²) in [6.07, 6.45) is 2.67. The van der Waals surface area contributed by atoms with E-state index in [1.165, 1.54) is 4.88 Å². The average molecular weight is 342 g/mol. The van der Waals surface area contributed by atoms with E-state index in [-0.39, 0.29) is 23.7 Å². The molecule has 2 aromatic heterocycles. The normalized spacial score (nSPS) is 20.9. The molecule has 1 aliphatic rings. The van der Waals surface area contributed by atoms with Gasteiger partial charge in [0.2, 0.25) is 0 Å². The molecule has 1 saturated heterocycles. The lowest BCUT2D eigenvalue weighted by atomic mass is 9.90. The van der Waals surface area contributed by atoms with Gasteiger partial charge in [-0.1, -0.05) is 18.2 Å². The number of hydrogen-bond donors (Lipinski definition) is 1. The van der Waals surface area contributed by atoms with Crippen LogP contribution in [-0.2, 0) is 6.54 Å². The van der Waals surface area contributed by atoms with Crippen LogP contribution in [0.5, 0.6) is 0 Å². The van der Waals surface area contributed by atoms with E-state index in [4.69, 9.17) is 5.73 Å². The van der Waals surface area contributed by atoms with Gasteiger partial charge in [-0.15, -0.1) is 28.8 Å². The molecule has 22 heavy (non-hydrogen) atoms. The number of thiophene rings is 1. The van der Waals surface area contributed by atoms with Crippen LogP contribution in [0.3, 0.4) is 0 Å². The van der Waals surface area contributed by atoms with Crippen molar-refractivity contribution in [3.63, 3.8) is 0 Å². The fraction of sp³-hybridized carbons (Fsp3) is 0.500. The molecule has 1 amide bonds. The second-order valence-electron chi connectivity index (χ2n) is 5.87. The van der Waals surface area contributed by atoms with Gasteiger partial charge in [0.05, 0.1) is 12.7 Å². The Labute approximate surface area is 139 Å². The molecule has 0 bridgehead atoms. The Morgan fingerprint density at radius 3 is 3.00 bits per heavy atom. The number of halogens is 1. The summed E-state index contributed by atoms with van der Waals surface area (Å²) in [6.45, 7) is 4.80.